The maximum atomic E-state index is 12.3. The van der Waals surface area contributed by atoms with Crippen LogP contribution in [0.2, 0.25) is 0 Å². The lowest BCUT2D eigenvalue weighted by atomic mass is 10.0. The van der Waals surface area contributed by atoms with Crippen LogP contribution in [0.15, 0.2) is 60.7 Å². The van der Waals surface area contributed by atoms with Gasteiger partial charge in [-0.15, -0.1) is 0 Å². The Hall–Kier alpha value is -3.67. The molecule has 0 atom stereocenters. The number of esters is 2. The molecule has 3 rings (SSSR count). The predicted octanol–water partition coefficient (Wildman–Crippen LogP) is 3.68. The van der Waals surface area contributed by atoms with Crippen LogP contribution in [0.25, 0.3) is 10.8 Å². The lowest BCUT2D eigenvalue weighted by Crippen LogP contribution is -2.09. The average Bonchev–Trinajstić information content (AvgIpc) is 2.61. The second-order valence-electron chi connectivity index (χ2n) is 5.48. The highest BCUT2D eigenvalue weighted by Gasteiger charge is 2.17. The van der Waals surface area contributed by atoms with E-state index in [1.165, 1.54) is 19.1 Å². The minimum Gasteiger partial charge on any atom is -0.478 e. The lowest BCUT2D eigenvalue weighted by molar-refractivity contribution is -0.131. The number of carboxylic acids is 1. The van der Waals surface area contributed by atoms with E-state index >= 15 is 0 Å². The van der Waals surface area contributed by atoms with Gasteiger partial charge >= 0.3 is 17.9 Å². The van der Waals surface area contributed by atoms with Crippen molar-refractivity contribution in [3.8, 4) is 11.5 Å². The highest BCUT2D eigenvalue weighted by Crippen LogP contribution is 2.33. The predicted molar refractivity (Wildman–Crippen MR) is 93.6 cm³/mol. The average molecular weight is 350 g/mol. The number of carbonyl (C=O) groups is 3. The zero-order chi connectivity index (χ0) is 18.7. The molecule has 26 heavy (non-hydrogen) atoms. The topological polar surface area (TPSA) is 89.9 Å². The second-order valence-corrected chi connectivity index (χ2v) is 5.48. The summed E-state index contributed by atoms with van der Waals surface area (Å²) < 4.78 is 10.4. The number of fused-ring (bicyclic) bond motifs is 1. The lowest BCUT2D eigenvalue weighted by Gasteiger charge is -2.11. The number of hydrogen-bond donors (Lipinski definition) is 1. The van der Waals surface area contributed by atoms with Crippen LogP contribution in [0.3, 0.4) is 0 Å². The highest BCUT2D eigenvalue weighted by molar-refractivity contribution is 6.01. The van der Waals surface area contributed by atoms with Crippen molar-refractivity contribution in [1.29, 1.82) is 0 Å². The molecule has 0 aliphatic rings. The molecule has 3 aromatic rings. The van der Waals surface area contributed by atoms with Crippen molar-refractivity contribution in [3.05, 3.63) is 71.8 Å². The quantitative estimate of drug-likeness (QED) is 0.570. The van der Waals surface area contributed by atoms with Crippen molar-refractivity contribution in [2.24, 2.45) is 0 Å². The van der Waals surface area contributed by atoms with Crippen LogP contribution < -0.4 is 9.47 Å². The van der Waals surface area contributed by atoms with E-state index in [0.717, 1.165) is 0 Å². The maximum Gasteiger partial charge on any atom is 0.343 e. The molecule has 0 unspecified atom stereocenters. The molecule has 3 aromatic carbocycles. The molecule has 6 heteroatoms. The zero-order valence-electron chi connectivity index (χ0n) is 13.8. The van der Waals surface area contributed by atoms with Crippen molar-refractivity contribution in [3.63, 3.8) is 0 Å². The fourth-order valence-corrected chi connectivity index (χ4v) is 2.51. The van der Waals surface area contributed by atoms with Gasteiger partial charge in [-0.25, -0.2) is 9.59 Å². The first kappa shape index (κ1) is 17.2. The van der Waals surface area contributed by atoms with Gasteiger partial charge in [-0.3, -0.25) is 4.79 Å². The Morgan fingerprint density at radius 3 is 2.23 bits per heavy atom. The standard InChI is InChI=1S/C20H14O6/c1-12(21)25-18-11-15-14(10-16(18)19(22)23)8-5-9-17(15)26-20(24)13-6-3-2-4-7-13/h2-11H,1H3,(H,22,23). The third-order valence-electron chi connectivity index (χ3n) is 3.64. The fourth-order valence-electron chi connectivity index (χ4n) is 2.51. The van der Waals surface area contributed by atoms with Crippen molar-refractivity contribution >= 4 is 28.7 Å². The van der Waals surface area contributed by atoms with Crippen LogP contribution in [0.5, 0.6) is 11.5 Å². The number of benzene rings is 3. The number of carbonyl (C=O) groups excluding carboxylic acids is 2. The highest BCUT2D eigenvalue weighted by atomic mass is 16.5. The molecule has 0 radical (unpaired) electrons. The number of hydrogen-bond acceptors (Lipinski definition) is 5. The summed E-state index contributed by atoms with van der Waals surface area (Å²) in [5, 5.41) is 10.3. The molecule has 0 bridgehead atoms. The summed E-state index contributed by atoms with van der Waals surface area (Å²) in [6, 6.07) is 16.1. The Labute approximate surface area is 148 Å². The van der Waals surface area contributed by atoms with Gasteiger partial charge in [0.25, 0.3) is 0 Å². The molecule has 1 N–H and O–H groups in total. The number of carboxylic acid groups (broad SMARTS) is 1. The van der Waals surface area contributed by atoms with Gasteiger partial charge < -0.3 is 14.6 Å². The largest absolute Gasteiger partial charge is 0.478 e. The second kappa shape index (κ2) is 7.06. The van der Waals surface area contributed by atoms with Crippen LogP contribution >= 0.6 is 0 Å². The van der Waals surface area contributed by atoms with Crippen LogP contribution in [0, 0.1) is 0 Å². The number of ether oxygens (including phenoxy) is 2. The summed E-state index contributed by atoms with van der Waals surface area (Å²) in [4.78, 5) is 35.0. The monoisotopic (exact) mass is 350 g/mol. The van der Waals surface area contributed by atoms with Gasteiger partial charge in [-0.05, 0) is 35.7 Å². The van der Waals surface area contributed by atoms with E-state index in [1.54, 1.807) is 48.5 Å². The maximum absolute atomic E-state index is 12.3. The van der Waals surface area contributed by atoms with Gasteiger partial charge in [0, 0.05) is 12.3 Å². The molecule has 0 spiro atoms. The molecular formula is C20H14O6. The number of rotatable bonds is 4. The summed E-state index contributed by atoms with van der Waals surface area (Å²) in [5.74, 6) is -2.29. The van der Waals surface area contributed by atoms with Crippen molar-refractivity contribution in [2.75, 3.05) is 0 Å². The smallest absolute Gasteiger partial charge is 0.343 e. The number of aromatic carboxylic acids is 1. The van der Waals surface area contributed by atoms with E-state index in [4.69, 9.17) is 9.47 Å². The Morgan fingerprint density at radius 2 is 1.58 bits per heavy atom. The summed E-state index contributed by atoms with van der Waals surface area (Å²) in [6.45, 7) is 1.18. The molecule has 6 nitrogen and oxygen atoms in total. The minimum atomic E-state index is -1.23. The van der Waals surface area contributed by atoms with Crippen molar-refractivity contribution in [2.45, 2.75) is 6.92 Å². The van der Waals surface area contributed by atoms with Crippen molar-refractivity contribution in [1.82, 2.24) is 0 Å². The van der Waals surface area contributed by atoms with Crippen LogP contribution in [-0.4, -0.2) is 23.0 Å². The van der Waals surface area contributed by atoms with E-state index in [2.05, 4.69) is 0 Å². The molecule has 0 aromatic heterocycles. The fraction of sp³-hybridized carbons (Fsp3) is 0.0500. The molecule has 0 saturated heterocycles. The molecule has 0 saturated carbocycles. The van der Waals surface area contributed by atoms with E-state index < -0.39 is 17.9 Å². The van der Waals surface area contributed by atoms with Crippen LogP contribution in [-0.2, 0) is 4.79 Å². The molecular weight excluding hydrogens is 336 g/mol. The SMILES string of the molecule is CC(=O)Oc1cc2c(OC(=O)c3ccccc3)cccc2cc1C(=O)O. The van der Waals surface area contributed by atoms with E-state index in [9.17, 15) is 19.5 Å². The normalized spacial score (nSPS) is 10.3. The van der Waals surface area contributed by atoms with Gasteiger partial charge in [0.15, 0.2) is 0 Å². The zero-order valence-corrected chi connectivity index (χ0v) is 13.8. The summed E-state index contributed by atoms with van der Waals surface area (Å²) in [5.41, 5.74) is 0.228. The van der Waals surface area contributed by atoms with Gasteiger partial charge in [0.2, 0.25) is 0 Å². The first-order valence-electron chi connectivity index (χ1n) is 7.71. The third-order valence-corrected chi connectivity index (χ3v) is 3.64. The Balaban J connectivity index is 2.07. The van der Waals surface area contributed by atoms with Crippen molar-refractivity contribution < 1.29 is 29.0 Å². The molecule has 130 valence electrons. The summed E-state index contributed by atoms with van der Waals surface area (Å²) >= 11 is 0. The first-order chi connectivity index (χ1) is 12.5. The Bertz CT molecular complexity index is 1010. The van der Waals surface area contributed by atoms with Crippen LogP contribution in [0.1, 0.15) is 27.6 Å². The molecule has 0 aliphatic heterocycles. The third kappa shape index (κ3) is 3.54. The molecule has 0 amide bonds. The van der Waals surface area contributed by atoms with Gasteiger partial charge in [0.05, 0.1) is 5.56 Å². The summed E-state index contributed by atoms with van der Waals surface area (Å²) in [6.07, 6.45) is 0. The Morgan fingerprint density at radius 1 is 0.846 bits per heavy atom. The van der Waals surface area contributed by atoms with Gasteiger partial charge in [-0.2, -0.15) is 0 Å². The molecule has 0 fully saturated rings. The van der Waals surface area contributed by atoms with Gasteiger partial charge in [0.1, 0.15) is 17.1 Å². The van der Waals surface area contributed by atoms with E-state index in [1.807, 2.05) is 0 Å². The van der Waals surface area contributed by atoms with Gasteiger partial charge in [-0.1, -0.05) is 30.3 Å². The minimum absolute atomic E-state index is 0.110. The van der Waals surface area contributed by atoms with Crippen LogP contribution in [0.4, 0.5) is 0 Å². The summed E-state index contributed by atoms with van der Waals surface area (Å²) in [7, 11) is 0. The first-order valence-corrected chi connectivity index (χ1v) is 7.71. The molecule has 0 aliphatic carbocycles. The van der Waals surface area contributed by atoms with E-state index in [-0.39, 0.29) is 17.1 Å². The van der Waals surface area contributed by atoms with E-state index in [0.29, 0.717) is 16.3 Å². The molecule has 0 heterocycles. The Kier molecular flexibility index (Phi) is 4.66.